The van der Waals surface area contributed by atoms with Gasteiger partial charge in [-0.05, 0) is 25.5 Å². The quantitative estimate of drug-likeness (QED) is 0.675. The Kier molecular flexibility index (Phi) is 4.05. The van der Waals surface area contributed by atoms with Crippen molar-refractivity contribution in [1.29, 1.82) is 5.41 Å². The van der Waals surface area contributed by atoms with Gasteiger partial charge in [0.25, 0.3) is 0 Å². The van der Waals surface area contributed by atoms with E-state index in [-0.39, 0.29) is 5.78 Å². The molecule has 5 nitrogen and oxygen atoms in total. The zero-order chi connectivity index (χ0) is 17.6. The Morgan fingerprint density at radius 1 is 1.32 bits per heavy atom. The van der Waals surface area contributed by atoms with Gasteiger partial charge < -0.3 is 4.98 Å². The number of benzene rings is 1. The third-order valence-corrected chi connectivity index (χ3v) is 6.36. The Morgan fingerprint density at radius 3 is 2.88 bits per heavy atom. The molecule has 25 heavy (non-hydrogen) atoms. The Bertz CT molecular complexity index is 1030. The normalized spacial score (nSPS) is 19.4. The van der Waals surface area contributed by atoms with Crippen LogP contribution in [-0.2, 0) is 11.2 Å². The average molecular weight is 368 g/mol. The Hall–Kier alpha value is -2.25. The number of nitrogens with one attached hydrogen (secondary N) is 2. The van der Waals surface area contributed by atoms with E-state index < -0.39 is 5.92 Å². The van der Waals surface area contributed by atoms with Crippen LogP contribution in [0.4, 0.5) is 0 Å². The number of hydrogen-bond donors (Lipinski definition) is 2. The van der Waals surface area contributed by atoms with Crippen molar-refractivity contribution in [3.05, 3.63) is 50.4 Å². The Morgan fingerprint density at radius 2 is 2.12 bits per heavy atom. The van der Waals surface area contributed by atoms with Crippen LogP contribution in [-0.4, -0.2) is 26.0 Å². The number of nitrogens with zero attached hydrogens (tertiary/aromatic N) is 2. The van der Waals surface area contributed by atoms with Gasteiger partial charge in [-0.25, -0.2) is 0 Å². The van der Waals surface area contributed by atoms with Crippen molar-refractivity contribution in [2.45, 2.75) is 26.2 Å². The number of H-pyrrole nitrogens is 1. The number of carbonyl (C=O) groups excluding carboxylic acids is 1. The molecule has 0 aliphatic carbocycles. The molecule has 0 unspecified atom stereocenters. The third-order valence-electron chi connectivity index (χ3n) is 4.24. The van der Waals surface area contributed by atoms with Crippen LogP contribution in [0.5, 0.6) is 0 Å². The number of aromatic nitrogens is 3. The summed E-state index contributed by atoms with van der Waals surface area (Å²) in [5.41, 5.74) is 3.07. The summed E-state index contributed by atoms with van der Waals surface area (Å²) in [5.74, 6) is -0.655. The summed E-state index contributed by atoms with van der Waals surface area (Å²) in [7, 11) is 0. The molecule has 7 heteroatoms. The molecule has 1 aliphatic rings. The molecule has 126 valence electrons. The van der Waals surface area contributed by atoms with Crippen molar-refractivity contribution in [2.24, 2.45) is 0 Å². The van der Waals surface area contributed by atoms with E-state index in [1.165, 1.54) is 23.1 Å². The molecular weight excluding hydrogens is 352 g/mol. The first-order chi connectivity index (χ1) is 12.1. The predicted octanol–water partition coefficient (Wildman–Crippen LogP) is 4.31. The van der Waals surface area contributed by atoms with Crippen LogP contribution in [0.25, 0.3) is 17.0 Å². The number of thioether (sulfide) groups is 1. The van der Waals surface area contributed by atoms with Gasteiger partial charge in [0, 0.05) is 22.2 Å². The highest BCUT2D eigenvalue weighted by Crippen LogP contribution is 2.42. The zero-order valence-corrected chi connectivity index (χ0v) is 15.4. The van der Waals surface area contributed by atoms with Crippen molar-refractivity contribution >= 4 is 50.9 Å². The van der Waals surface area contributed by atoms with E-state index in [9.17, 15) is 4.79 Å². The molecule has 0 saturated carbocycles. The fourth-order valence-corrected chi connectivity index (χ4v) is 4.89. The van der Waals surface area contributed by atoms with Crippen molar-refractivity contribution in [1.82, 2.24) is 15.2 Å². The van der Waals surface area contributed by atoms with Gasteiger partial charge in [0.15, 0.2) is 5.78 Å². The maximum Gasteiger partial charge on any atom is 0.186 e. The number of carbonyl (C=O) groups is 1. The van der Waals surface area contributed by atoms with Crippen molar-refractivity contribution in [2.75, 3.05) is 0 Å². The maximum absolute atomic E-state index is 12.9. The standard InChI is InChI=1S/C18H16N4OS2/c1-3-14-21-22-18(25-14)15-16(23)13(24-17(15)19)8-11-9(2)20-12-7-5-4-6-10(11)12/h4-8,15,19-20H,3H2,1-2H3/b13-8-,19-17?/t15-/m1/s1. The number of allylic oxidation sites excluding steroid dienone is 1. The van der Waals surface area contributed by atoms with Crippen LogP contribution in [0.2, 0.25) is 0 Å². The summed E-state index contributed by atoms with van der Waals surface area (Å²) < 4.78 is 0. The minimum atomic E-state index is -0.598. The first kappa shape index (κ1) is 16.2. The molecular formula is C18H16N4OS2. The summed E-state index contributed by atoms with van der Waals surface area (Å²) >= 11 is 2.65. The lowest BCUT2D eigenvalue weighted by Crippen LogP contribution is -2.11. The lowest BCUT2D eigenvalue weighted by Gasteiger charge is -2.00. The molecule has 1 atom stereocenters. The van der Waals surface area contributed by atoms with E-state index >= 15 is 0 Å². The Labute approximate surface area is 153 Å². The van der Waals surface area contributed by atoms with Crippen molar-refractivity contribution in [3.8, 4) is 0 Å². The molecule has 3 aromatic rings. The van der Waals surface area contributed by atoms with Gasteiger partial charge in [-0.3, -0.25) is 10.2 Å². The number of fused-ring (bicyclic) bond motifs is 1. The van der Waals surface area contributed by atoms with Crippen LogP contribution in [0.15, 0.2) is 29.2 Å². The molecule has 1 fully saturated rings. The monoisotopic (exact) mass is 368 g/mol. The second kappa shape index (κ2) is 6.24. The molecule has 2 N–H and O–H groups in total. The first-order valence-electron chi connectivity index (χ1n) is 8.00. The molecule has 0 bridgehead atoms. The van der Waals surface area contributed by atoms with E-state index in [1.54, 1.807) is 0 Å². The summed E-state index contributed by atoms with van der Waals surface area (Å²) in [6, 6.07) is 8.03. The number of hydrogen-bond acceptors (Lipinski definition) is 6. The average Bonchev–Trinajstić information content (AvgIpc) is 3.26. The summed E-state index contributed by atoms with van der Waals surface area (Å²) in [5, 5.41) is 19.4. The van der Waals surface area contributed by atoms with E-state index in [2.05, 4.69) is 15.2 Å². The molecule has 0 radical (unpaired) electrons. The zero-order valence-electron chi connectivity index (χ0n) is 13.8. The van der Waals surface area contributed by atoms with Crippen LogP contribution < -0.4 is 0 Å². The van der Waals surface area contributed by atoms with Crippen molar-refractivity contribution < 1.29 is 4.79 Å². The van der Waals surface area contributed by atoms with Gasteiger partial charge in [-0.1, -0.05) is 36.9 Å². The van der Waals surface area contributed by atoms with Gasteiger partial charge in [-0.2, -0.15) is 0 Å². The summed E-state index contributed by atoms with van der Waals surface area (Å²) in [6.07, 6.45) is 2.69. The van der Waals surface area contributed by atoms with Crippen LogP contribution in [0.3, 0.4) is 0 Å². The van der Waals surface area contributed by atoms with Crippen LogP contribution in [0.1, 0.15) is 34.1 Å². The topological polar surface area (TPSA) is 82.5 Å². The molecule has 0 amide bonds. The van der Waals surface area contributed by atoms with E-state index in [1.807, 2.05) is 44.2 Å². The van der Waals surface area contributed by atoms with E-state index in [4.69, 9.17) is 5.41 Å². The van der Waals surface area contributed by atoms with Gasteiger partial charge in [0.05, 0.1) is 9.95 Å². The van der Waals surface area contributed by atoms with E-state index in [0.717, 1.165) is 33.6 Å². The fourth-order valence-electron chi connectivity index (χ4n) is 2.96. The van der Waals surface area contributed by atoms with Gasteiger partial charge in [0.1, 0.15) is 15.9 Å². The predicted molar refractivity (Wildman–Crippen MR) is 103 cm³/mol. The van der Waals surface area contributed by atoms with E-state index in [0.29, 0.717) is 15.0 Å². The number of ketones is 1. The minimum Gasteiger partial charge on any atom is -0.358 e. The molecule has 3 heterocycles. The fraction of sp³-hybridized carbons (Fsp3) is 0.222. The third kappa shape index (κ3) is 2.73. The van der Waals surface area contributed by atoms with Crippen LogP contribution >= 0.6 is 23.1 Å². The smallest absolute Gasteiger partial charge is 0.186 e. The second-order valence-corrected chi connectivity index (χ2v) is 8.05. The molecule has 1 aliphatic heterocycles. The summed E-state index contributed by atoms with van der Waals surface area (Å²) in [4.78, 5) is 16.8. The number of para-hydroxylation sites is 1. The second-order valence-electron chi connectivity index (χ2n) is 5.87. The minimum absolute atomic E-state index is 0.0570. The molecule has 4 rings (SSSR count). The lowest BCUT2D eigenvalue weighted by molar-refractivity contribution is -0.114. The molecule has 1 aromatic carbocycles. The van der Waals surface area contributed by atoms with Gasteiger partial charge in [-0.15, -0.1) is 21.5 Å². The van der Waals surface area contributed by atoms with Crippen molar-refractivity contribution in [3.63, 3.8) is 0 Å². The number of aryl methyl sites for hydroxylation is 2. The number of rotatable bonds is 3. The highest BCUT2D eigenvalue weighted by molar-refractivity contribution is 8.19. The highest BCUT2D eigenvalue weighted by atomic mass is 32.2. The molecule has 1 saturated heterocycles. The maximum atomic E-state index is 12.9. The first-order valence-corrected chi connectivity index (χ1v) is 9.63. The Balaban J connectivity index is 1.74. The highest BCUT2D eigenvalue weighted by Gasteiger charge is 2.39. The number of aromatic amines is 1. The lowest BCUT2D eigenvalue weighted by atomic mass is 10.0. The van der Waals surface area contributed by atoms with Gasteiger partial charge >= 0.3 is 0 Å². The van der Waals surface area contributed by atoms with Crippen LogP contribution in [0, 0.1) is 12.3 Å². The largest absolute Gasteiger partial charge is 0.358 e. The SMILES string of the molecule is CCc1nnc([C@H]2C(=N)S/C(=C\c3c(C)[nH]c4ccccc34)C2=O)s1. The number of Topliss-reactive ketones (excluding diaryl/α,β-unsaturated/α-hetero) is 1. The molecule has 2 aromatic heterocycles. The van der Waals surface area contributed by atoms with Gasteiger partial charge in [0.2, 0.25) is 0 Å². The molecule has 0 spiro atoms. The summed E-state index contributed by atoms with van der Waals surface area (Å²) in [6.45, 7) is 4.00.